The maximum atomic E-state index is 13.5. The summed E-state index contributed by atoms with van der Waals surface area (Å²) in [6, 6.07) is 5.75. The van der Waals surface area contributed by atoms with Crippen LogP contribution in [0.4, 0.5) is 5.69 Å². The molecule has 2 aromatic rings. The lowest BCUT2D eigenvalue weighted by molar-refractivity contribution is -0.169. The maximum absolute atomic E-state index is 13.5. The summed E-state index contributed by atoms with van der Waals surface area (Å²) in [5.41, 5.74) is 2.28. The third-order valence-corrected chi connectivity index (χ3v) is 7.67. The average molecular weight is 446 g/mol. The van der Waals surface area contributed by atoms with Gasteiger partial charge in [-0.2, -0.15) is 0 Å². The predicted molar refractivity (Wildman–Crippen MR) is 118 cm³/mol. The first-order valence-electron chi connectivity index (χ1n) is 10.7. The van der Waals surface area contributed by atoms with Crippen molar-refractivity contribution >= 4 is 33.3 Å². The second-order valence-corrected chi connectivity index (χ2v) is 9.83. The number of hydrogen-bond donors (Lipinski definition) is 0. The van der Waals surface area contributed by atoms with E-state index >= 15 is 0 Å². The van der Waals surface area contributed by atoms with E-state index in [-0.39, 0.29) is 5.91 Å². The molecule has 0 radical (unpaired) electrons. The average Bonchev–Trinajstić information content (AvgIpc) is 3.26. The van der Waals surface area contributed by atoms with E-state index in [1.807, 2.05) is 18.2 Å². The van der Waals surface area contributed by atoms with Gasteiger partial charge in [-0.15, -0.1) is 0 Å². The Hall–Kier alpha value is -2.23. The van der Waals surface area contributed by atoms with Crippen molar-refractivity contribution in [3.8, 4) is 5.75 Å². The third-order valence-electron chi connectivity index (χ3n) is 6.40. The number of anilines is 1. The first kappa shape index (κ1) is 20.7. The number of amides is 1. The highest BCUT2D eigenvalue weighted by atomic mass is 32.2. The highest BCUT2D eigenvalue weighted by molar-refractivity contribution is 7.85. The lowest BCUT2D eigenvalue weighted by Crippen LogP contribution is -2.46. The van der Waals surface area contributed by atoms with Crippen molar-refractivity contribution in [2.45, 2.75) is 18.6 Å². The van der Waals surface area contributed by atoms with Crippen LogP contribution in [0.1, 0.15) is 23.2 Å². The molecule has 8 nitrogen and oxygen atoms in total. The highest BCUT2D eigenvalue weighted by Crippen LogP contribution is 2.38. The number of nitrogens with zero attached hydrogens (tertiary/aromatic N) is 3. The molecule has 31 heavy (non-hydrogen) atoms. The molecule has 0 atom stereocenters. The molecular weight excluding hydrogens is 418 g/mol. The molecule has 4 heterocycles. The SMILES string of the molecule is COc1ccc2ncc(C(=O)N3CCS(=O)CC3)c(N3CCC4(CC3)OCCO4)c2c1. The van der Waals surface area contributed by atoms with Gasteiger partial charge in [-0.25, -0.2) is 0 Å². The van der Waals surface area contributed by atoms with Crippen molar-refractivity contribution in [2.24, 2.45) is 0 Å². The Balaban J connectivity index is 1.53. The summed E-state index contributed by atoms with van der Waals surface area (Å²) < 4.78 is 29.0. The normalized spacial score (nSPS) is 21.7. The van der Waals surface area contributed by atoms with Crippen molar-refractivity contribution in [1.82, 2.24) is 9.88 Å². The van der Waals surface area contributed by atoms with Crippen LogP contribution in [0.15, 0.2) is 24.4 Å². The standard InChI is InChI=1S/C22H27N3O5S/c1-28-16-2-3-19-17(14-16)20(24-6-4-22(5-7-24)29-10-11-30-22)18(15-23-19)21(26)25-8-12-31(27)13-9-25/h2-3,14-15H,4-13H2,1H3. The molecule has 0 unspecified atom stereocenters. The molecule has 1 spiro atoms. The van der Waals surface area contributed by atoms with E-state index in [2.05, 4.69) is 9.88 Å². The molecule has 0 bridgehead atoms. The number of aromatic nitrogens is 1. The zero-order valence-corrected chi connectivity index (χ0v) is 18.5. The van der Waals surface area contributed by atoms with Crippen LogP contribution in [-0.4, -0.2) is 83.8 Å². The fourth-order valence-electron chi connectivity index (χ4n) is 4.65. The second-order valence-electron chi connectivity index (χ2n) is 8.14. The molecule has 3 fully saturated rings. The van der Waals surface area contributed by atoms with Crippen LogP contribution in [0.25, 0.3) is 10.9 Å². The number of carbonyl (C=O) groups is 1. The lowest BCUT2D eigenvalue weighted by Gasteiger charge is -2.40. The summed E-state index contributed by atoms with van der Waals surface area (Å²) in [4.78, 5) is 22.1. The van der Waals surface area contributed by atoms with Crippen LogP contribution >= 0.6 is 0 Å². The monoisotopic (exact) mass is 445 g/mol. The van der Waals surface area contributed by atoms with Crippen molar-refractivity contribution in [1.29, 1.82) is 0 Å². The molecule has 0 aliphatic carbocycles. The molecule has 1 aromatic heterocycles. The van der Waals surface area contributed by atoms with Crippen LogP contribution in [-0.2, 0) is 20.3 Å². The van der Waals surface area contributed by atoms with Gasteiger partial charge in [-0.05, 0) is 18.2 Å². The second kappa shape index (κ2) is 8.37. The zero-order valence-electron chi connectivity index (χ0n) is 17.7. The minimum atomic E-state index is -0.839. The highest BCUT2D eigenvalue weighted by Gasteiger charge is 2.41. The van der Waals surface area contributed by atoms with E-state index in [4.69, 9.17) is 14.2 Å². The summed E-state index contributed by atoms with van der Waals surface area (Å²) in [5, 5.41) is 0.898. The van der Waals surface area contributed by atoms with Gasteiger partial charge in [-0.3, -0.25) is 14.0 Å². The van der Waals surface area contributed by atoms with Crippen molar-refractivity contribution in [2.75, 3.05) is 62.9 Å². The van der Waals surface area contributed by atoms with Crippen molar-refractivity contribution < 1.29 is 23.2 Å². The van der Waals surface area contributed by atoms with Crippen LogP contribution in [0.3, 0.4) is 0 Å². The number of hydrogen-bond acceptors (Lipinski definition) is 7. The molecular formula is C22H27N3O5S. The largest absolute Gasteiger partial charge is 0.497 e. The molecule has 3 aliphatic rings. The molecule has 9 heteroatoms. The minimum Gasteiger partial charge on any atom is -0.497 e. The molecule has 1 aromatic carbocycles. The Bertz CT molecular complexity index is 1000. The van der Waals surface area contributed by atoms with Crippen molar-refractivity contribution in [3.63, 3.8) is 0 Å². The van der Waals surface area contributed by atoms with Crippen LogP contribution < -0.4 is 9.64 Å². The predicted octanol–water partition coefficient (Wildman–Crippen LogP) is 1.79. The van der Waals surface area contributed by atoms with E-state index < -0.39 is 16.6 Å². The van der Waals surface area contributed by atoms with Gasteiger partial charge in [0.2, 0.25) is 0 Å². The number of pyridine rings is 1. The molecule has 166 valence electrons. The van der Waals surface area contributed by atoms with E-state index in [1.165, 1.54) is 0 Å². The number of carbonyl (C=O) groups excluding carboxylic acids is 1. The van der Waals surface area contributed by atoms with Gasteiger partial charge < -0.3 is 24.0 Å². The molecule has 5 rings (SSSR count). The smallest absolute Gasteiger partial charge is 0.257 e. The Labute approximate surface area is 183 Å². The third kappa shape index (κ3) is 3.90. The summed E-state index contributed by atoms with van der Waals surface area (Å²) in [6.07, 6.45) is 3.18. The Morgan fingerprint density at radius 1 is 1.13 bits per heavy atom. The summed E-state index contributed by atoms with van der Waals surface area (Å²) >= 11 is 0. The maximum Gasteiger partial charge on any atom is 0.257 e. The van der Waals surface area contributed by atoms with E-state index in [9.17, 15) is 9.00 Å². The number of piperidine rings is 1. The van der Waals surface area contributed by atoms with E-state index in [0.29, 0.717) is 43.4 Å². The zero-order chi connectivity index (χ0) is 21.4. The van der Waals surface area contributed by atoms with Gasteiger partial charge >= 0.3 is 0 Å². The van der Waals surface area contributed by atoms with Gasteiger partial charge in [0.15, 0.2) is 5.79 Å². The first-order chi connectivity index (χ1) is 15.1. The fourth-order valence-corrected chi connectivity index (χ4v) is 5.70. The topological polar surface area (TPSA) is 81.2 Å². The van der Waals surface area contributed by atoms with Crippen LogP contribution in [0.2, 0.25) is 0 Å². The van der Waals surface area contributed by atoms with Gasteiger partial charge in [0.25, 0.3) is 5.91 Å². The number of benzene rings is 1. The molecule has 3 aliphatic heterocycles. The van der Waals surface area contributed by atoms with Crippen molar-refractivity contribution in [3.05, 3.63) is 30.0 Å². The molecule has 3 saturated heterocycles. The van der Waals surface area contributed by atoms with Crippen LogP contribution in [0, 0.1) is 0 Å². The number of fused-ring (bicyclic) bond motifs is 1. The quantitative estimate of drug-likeness (QED) is 0.713. The molecule has 0 N–H and O–H groups in total. The lowest BCUT2D eigenvalue weighted by atomic mass is 10.00. The van der Waals surface area contributed by atoms with Gasteiger partial charge in [-0.1, -0.05) is 0 Å². The van der Waals surface area contributed by atoms with Crippen LogP contribution in [0.5, 0.6) is 5.75 Å². The van der Waals surface area contributed by atoms with E-state index in [0.717, 1.165) is 48.3 Å². The fraction of sp³-hybridized carbons (Fsp3) is 0.545. The number of methoxy groups -OCH3 is 1. The number of ether oxygens (including phenoxy) is 3. The van der Waals surface area contributed by atoms with Gasteiger partial charge in [0.05, 0.1) is 37.1 Å². The Morgan fingerprint density at radius 2 is 1.84 bits per heavy atom. The molecule has 1 amide bonds. The van der Waals surface area contributed by atoms with Gasteiger partial charge in [0.1, 0.15) is 5.75 Å². The Morgan fingerprint density at radius 3 is 2.52 bits per heavy atom. The van der Waals surface area contributed by atoms with Gasteiger partial charge in [0, 0.05) is 72.9 Å². The summed E-state index contributed by atoms with van der Waals surface area (Å²) in [7, 11) is 0.796. The first-order valence-corrected chi connectivity index (χ1v) is 12.2. The molecule has 0 saturated carbocycles. The minimum absolute atomic E-state index is 0.0578. The summed E-state index contributed by atoms with van der Waals surface area (Å²) in [6.45, 7) is 3.73. The van der Waals surface area contributed by atoms with E-state index in [1.54, 1.807) is 18.2 Å². The summed E-state index contributed by atoms with van der Waals surface area (Å²) in [5.74, 6) is 1.23. The Kier molecular flexibility index (Phi) is 5.58. The number of rotatable bonds is 3.